The van der Waals surface area contributed by atoms with E-state index in [0.29, 0.717) is 55.9 Å². The first-order valence-electron chi connectivity index (χ1n) is 12.3. The fourth-order valence-electron chi connectivity index (χ4n) is 4.03. The van der Waals surface area contributed by atoms with Crippen molar-refractivity contribution in [3.05, 3.63) is 64.6 Å². The predicted molar refractivity (Wildman–Crippen MR) is 145 cm³/mol. The molecular formula is C27H29N5O7S. The van der Waals surface area contributed by atoms with Crippen LogP contribution in [0, 0.1) is 11.3 Å². The molecule has 40 heavy (non-hydrogen) atoms. The normalized spacial score (nSPS) is 11.8. The minimum Gasteiger partial charge on any atom is -0.497 e. The number of hydrogen-bond donors (Lipinski definition) is 3. The lowest BCUT2D eigenvalue weighted by Gasteiger charge is -2.27. The van der Waals surface area contributed by atoms with Gasteiger partial charge >= 0.3 is 11.9 Å². The molecule has 0 spiro atoms. The highest BCUT2D eigenvalue weighted by atomic mass is 32.1. The average molecular weight is 568 g/mol. The van der Waals surface area contributed by atoms with E-state index >= 15 is 0 Å². The molecule has 210 valence electrons. The zero-order valence-corrected chi connectivity index (χ0v) is 22.6. The standard InChI is InChI=1S/C24H25N5O3S.C3H4O4/c1-32-18-4-2-3-17(13-18)5-6-22(30)27-24-20(14-25)19-7-11-29(15-21(19)33-24)23(31)8-10-28-12-9-26-16-28;4-2(5)1-3(6)7/h2-4,9,12-13,16H,5-8,10-11,15H2,1H3,(H,27,30);1H2,(H,4,5)(H,6,7). The highest BCUT2D eigenvalue weighted by molar-refractivity contribution is 7.16. The van der Waals surface area contributed by atoms with Crippen LogP contribution in [-0.4, -0.2) is 62.1 Å². The van der Waals surface area contributed by atoms with Crippen LogP contribution >= 0.6 is 11.3 Å². The Labute approximate surface area is 234 Å². The van der Waals surface area contributed by atoms with Crippen LogP contribution in [0.1, 0.15) is 40.8 Å². The molecule has 3 heterocycles. The minimum absolute atomic E-state index is 0.0742. The van der Waals surface area contributed by atoms with E-state index in [1.165, 1.54) is 11.3 Å². The van der Waals surface area contributed by atoms with E-state index in [1.54, 1.807) is 19.6 Å². The quantitative estimate of drug-likeness (QED) is 0.311. The molecule has 0 unspecified atom stereocenters. The van der Waals surface area contributed by atoms with Gasteiger partial charge in [0.05, 0.1) is 25.5 Å². The van der Waals surface area contributed by atoms with Crippen LogP contribution in [0.3, 0.4) is 0 Å². The molecule has 12 nitrogen and oxygen atoms in total. The summed E-state index contributed by atoms with van der Waals surface area (Å²) in [6, 6.07) is 9.89. The number of carbonyl (C=O) groups excluding carboxylic acids is 2. The SMILES string of the molecule is COc1cccc(CCC(=O)Nc2sc3c(c2C#N)CCN(C(=O)CCn2ccnc2)C3)c1.O=C(O)CC(=O)O. The van der Waals surface area contributed by atoms with E-state index in [0.717, 1.165) is 21.8 Å². The van der Waals surface area contributed by atoms with Crippen molar-refractivity contribution in [2.45, 2.75) is 45.2 Å². The van der Waals surface area contributed by atoms with E-state index in [1.807, 2.05) is 39.9 Å². The predicted octanol–water partition coefficient (Wildman–Crippen LogP) is 2.92. The topological polar surface area (TPSA) is 175 Å². The molecule has 0 fully saturated rings. The number of aliphatic carboxylic acids is 2. The van der Waals surface area contributed by atoms with Crippen LogP contribution in [-0.2, 0) is 45.1 Å². The number of hydrogen-bond acceptors (Lipinski definition) is 8. The van der Waals surface area contributed by atoms with Crippen LogP contribution in [0.2, 0.25) is 0 Å². The van der Waals surface area contributed by atoms with Gasteiger partial charge in [-0.05, 0) is 36.1 Å². The summed E-state index contributed by atoms with van der Waals surface area (Å²) in [5.41, 5.74) is 2.49. The Morgan fingerprint density at radius 3 is 2.60 bits per heavy atom. The molecule has 1 aliphatic rings. The van der Waals surface area contributed by atoms with E-state index in [9.17, 15) is 24.4 Å². The number of nitrogens with one attached hydrogen (secondary N) is 1. The van der Waals surface area contributed by atoms with E-state index in [-0.39, 0.29) is 11.8 Å². The maximum absolute atomic E-state index is 12.7. The van der Waals surface area contributed by atoms with Gasteiger partial charge in [0.2, 0.25) is 11.8 Å². The van der Waals surface area contributed by atoms with Crippen LogP contribution in [0.15, 0.2) is 43.0 Å². The Bertz CT molecular complexity index is 1380. The number of carboxylic acids is 2. The number of aromatic nitrogens is 2. The number of carboxylic acid groups (broad SMARTS) is 2. The Balaban J connectivity index is 0.000000559. The van der Waals surface area contributed by atoms with Gasteiger partial charge in [-0.3, -0.25) is 19.2 Å². The lowest BCUT2D eigenvalue weighted by Crippen LogP contribution is -2.35. The second-order valence-electron chi connectivity index (χ2n) is 8.80. The first-order valence-corrected chi connectivity index (χ1v) is 13.2. The second kappa shape index (κ2) is 14.5. The zero-order chi connectivity index (χ0) is 29.1. The van der Waals surface area contributed by atoms with Gasteiger partial charge in [-0.25, -0.2) is 4.98 Å². The molecular weight excluding hydrogens is 538 g/mol. The van der Waals surface area contributed by atoms with Gasteiger partial charge in [-0.2, -0.15) is 5.26 Å². The number of aryl methyl sites for hydroxylation is 2. The average Bonchev–Trinajstić information content (AvgIpc) is 3.57. The van der Waals surface area contributed by atoms with E-state index in [2.05, 4.69) is 16.4 Å². The molecule has 2 aromatic heterocycles. The third kappa shape index (κ3) is 8.67. The number of methoxy groups -OCH3 is 1. The number of carbonyl (C=O) groups is 4. The Morgan fingerprint density at radius 2 is 1.98 bits per heavy atom. The van der Waals surface area contributed by atoms with Crippen LogP contribution in [0.4, 0.5) is 5.00 Å². The minimum atomic E-state index is -1.31. The molecule has 1 aliphatic heterocycles. The molecule has 0 atom stereocenters. The molecule has 4 rings (SSSR count). The third-order valence-corrected chi connectivity index (χ3v) is 7.13. The summed E-state index contributed by atoms with van der Waals surface area (Å²) in [5, 5.41) is 28.6. The van der Waals surface area contributed by atoms with Crippen LogP contribution < -0.4 is 10.1 Å². The zero-order valence-electron chi connectivity index (χ0n) is 21.8. The van der Waals surface area contributed by atoms with Crippen molar-refractivity contribution < 1.29 is 34.1 Å². The van der Waals surface area contributed by atoms with Crippen LogP contribution in [0.25, 0.3) is 0 Å². The number of imidazole rings is 1. The summed E-state index contributed by atoms with van der Waals surface area (Å²) in [7, 11) is 1.61. The van der Waals surface area contributed by atoms with E-state index in [4.69, 9.17) is 14.9 Å². The third-order valence-electron chi connectivity index (χ3n) is 5.99. The van der Waals surface area contributed by atoms with Gasteiger partial charge in [0, 0.05) is 43.2 Å². The number of thiophene rings is 1. The molecule has 3 aromatic rings. The smallest absolute Gasteiger partial charge is 0.314 e. The highest BCUT2D eigenvalue weighted by Gasteiger charge is 2.27. The lowest BCUT2D eigenvalue weighted by molar-refractivity contribution is -0.147. The number of benzene rings is 1. The van der Waals surface area contributed by atoms with Gasteiger partial charge in [-0.1, -0.05) is 12.1 Å². The Morgan fingerprint density at radius 1 is 1.20 bits per heavy atom. The summed E-state index contributed by atoms with van der Waals surface area (Å²) in [5.74, 6) is -1.93. The number of amides is 2. The first kappa shape index (κ1) is 29.9. The number of ether oxygens (including phenoxy) is 1. The van der Waals surface area contributed by atoms with Gasteiger partial charge in [0.15, 0.2) is 0 Å². The molecule has 0 saturated heterocycles. The number of rotatable bonds is 10. The number of fused-ring (bicyclic) bond motifs is 1. The number of nitrogens with zero attached hydrogens (tertiary/aromatic N) is 4. The monoisotopic (exact) mass is 567 g/mol. The highest BCUT2D eigenvalue weighted by Crippen LogP contribution is 2.37. The Hall–Kier alpha value is -4.70. The van der Waals surface area contributed by atoms with Gasteiger partial charge in [0.1, 0.15) is 23.2 Å². The van der Waals surface area contributed by atoms with Crippen molar-refractivity contribution in [1.82, 2.24) is 14.5 Å². The van der Waals surface area contributed by atoms with Crippen molar-refractivity contribution in [1.29, 1.82) is 5.26 Å². The van der Waals surface area contributed by atoms with Crippen molar-refractivity contribution in [2.24, 2.45) is 0 Å². The fraction of sp³-hybridized carbons (Fsp3) is 0.333. The molecule has 2 amide bonds. The van der Waals surface area contributed by atoms with Crippen LogP contribution in [0.5, 0.6) is 5.75 Å². The number of nitriles is 1. The summed E-state index contributed by atoms with van der Waals surface area (Å²) >= 11 is 1.40. The van der Waals surface area contributed by atoms with Crippen molar-refractivity contribution in [2.75, 3.05) is 19.0 Å². The van der Waals surface area contributed by atoms with Gasteiger partial charge in [0.25, 0.3) is 0 Å². The first-order chi connectivity index (χ1) is 19.2. The number of anilines is 1. The molecule has 13 heteroatoms. The van der Waals surface area contributed by atoms with Crippen molar-refractivity contribution in [3.8, 4) is 11.8 Å². The van der Waals surface area contributed by atoms with E-state index < -0.39 is 18.4 Å². The Kier molecular flexibility index (Phi) is 10.8. The molecule has 0 saturated carbocycles. The summed E-state index contributed by atoms with van der Waals surface area (Å²) in [6.07, 6.45) is 6.32. The summed E-state index contributed by atoms with van der Waals surface area (Å²) in [6.45, 7) is 1.63. The molecule has 0 bridgehead atoms. The molecule has 0 radical (unpaired) electrons. The van der Waals surface area contributed by atoms with Crippen molar-refractivity contribution in [3.63, 3.8) is 0 Å². The maximum Gasteiger partial charge on any atom is 0.314 e. The lowest BCUT2D eigenvalue weighted by atomic mass is 10.0. The summed E-state index contributed by atoms with van der Waals surface area (Å²) in [4.78, 5) is 50.9. The molecule has 1 aromatic carbocycles. The maximum atomic E-state index is 12.7. The van der Waals surface area contributed by atoms with Gasteiger partial charge < -0.3 is 29.7 Å². The fourth-order valence-corrected chi connectivity index (χ4v) is 5.26. The second-order valence-corrected chi connectivity index (χ2v) is 9.90. The molecule has 3 N–H and O–H groups in total. The van der Waals surface area contributed by atoms with Gasteiger partial charge in [-0.15, -0.1) is 11.3 Å². The largest absolute Gasteiger partial charge is 0.497 e. The van der Waals surface area contributed by atoms with Crippen molar-refractivity contribution >= 4 is 40.1 Å². The molecule has 0 aliphatic carbocycles. The summed E-state index contributed by atoms with van der Waals surface area (Å²) < 4.78 is 7.11.